The quantitative estimate of drug-likeness (QED) is 0.655. The molecule has 76 valence electrons. The highest BCUT2D eigenvalue weighted by atomic mass is 35.5. The van der Waals surface area contributed by atoms with Crippen LogP contribution >= 0.6 is 12.4 Å². The van der Waals surface area contributed by atoms with E-state index in [1.807, 2.05) is 0 Å². The van der Waals surface area contributed by atoms with Crippen LogP contribution in [0.5, 0.6) is 0 Å². The number of rotatable bonds is 0. The zero-order valence-electron chi connectivity index (χ0n) is 7.04. The van der Waals surface area contributed by atoms with Gasteiger partial charge in [0.15, 0.2) is 5.04 Å². The lowest BCUT2D eigenvalue weighted by molar-refractivity contribution is 0.608. The molecule has 2 N–H and O–H groups in total. The summed E-state index contributed by atoms with van der Waals surface area (Å²) in [6.45, 7) is 0. The Hall–Kier alpha value is -0.980. The molecule has 2 heterocycles. The molecule has 14 heavy (non-hydrogen) atoms. The van der Waals surface area contributed by atoms with Crippen LogP contribution in [0.2, 0.25) is 0 Å². The molecule has 7 heteroatoms. The fraction of sp³-hybridized carbons (Fsp3) is 0.143. The summed E-state index contributed by atoms with van der Waals surface area (Å²) in [5.74, 6) is 0. The Balaban J connectivity index is 0.000000980. The van der Waals surface area contributed by atoms with Crippen LogP contribution in [0.25, 0.3) is 0 Å². The van der Waals surface area contributed by atoms with Crippen molar-refractivity contribution in [2.24, 2.45) is 15.1 Å². The summed E-state index contributed by atoms with van der Waals surface area (Å²) in [4.78, 5) is 7.71. The Morgan fingerprint density at radius 2 is 2.14 bits per heavy atom. The molecule has 0 aromatic carbocycles. The Labute approximate surface area is 87.6 Å². The number of hydrogen-bond acceptors (Lipinski definition) is 4. The van der Waals surface area contributed by atoms with Crippen molar-refractivity contribution in [3.05, 3.63) is 23.5 Å². The van der Waals surface area contributed by atoms with Crippen LogP contribution in [0, 0.1) is 0 Å². The third-order valence-electron chi connectivity index (χ3n) is 1.82. The summed E-state index contributed by atoms with van der Waals surface area (Å²) in [7, 11) is -3.66. The molecule has 0 aliphatic carbocycles. The summed E-state index contributed by atoms with van der Waals surface area (Å²) in [6, 6.07) is 0. The molecule has 0 unspecified atom stereocenters. The number of sulfonamides is 1. The first kappa shape index (κ1) is 11.1. The molecule has 0 fully saturated rings. The maximum atomic E-state index is 10.9. The lowest BCUT2D eigenvalue weighted by Gasteiger charge is -2.09. The molecule has 0 spiro atoms. The highest BCUT2D eigenvalue weighted by Crippen LogP contribution is 2.24. The SMILES string of the molecule is Cl.NS(=O)(=O)C1=NC=C2N=CC=C2C1. The molecule has 0 bridgehead atoms. The molecule has 0 aromatic rings. The highest BCUT2D eigenvalue weighted by molar-refractivity contribution is 8.04. The van der Waals surface area contributed by atoms with E-state index in [0.29, 0.717) is 5.70 Å². The molecular weight excluding hydrogens is 226 g/mol. The minimum atomic E-state index is -3.66. The molecule has 2 aliphatic heterocycles. The van der Waals surface area contributed by atoms with E-state index < -0.39 is 10.0 Å². The van der Waals surface area contributed by atoms with Crippen LogP contribution in [0.4, 0.5) is 0 Å². The lowest BCUT2D eigenvalue weighted by atomic mass is 10.1. The van der Waals surface area contributed by atoms with E-state index >= 15 is 0 Å². The van der Waals surface area contributed by atoms with Crippen LogP contribution in [0.15, 0.2) is 33.5 Å². The maximum Gasteiger partial charge on any atom is 0.251 e. The molecule has 0 saturated heterocycles. The summed E-state index contributed by atoms with van der Waals surface area (Å²) >= 11 is 0. The van der Waals surface area contributed by atoms with E-state index in [0.717, 1.165) is 5.57 Å². The first-order valence-electron chi connectivity index (χ1n) is 3.60. The van der Waals surface area contributed by atoms with Crippen molar-refractivity contribution in [3.63, 3.8) is 0 Å². The van der Waals surface area contributed by atoms with E-state index in [2.05, 4.69) is 9.98 Å². The van der Waals surface area contributed by atoms with E-state index in [1.165, 1.54) is 6.20 Å². The van der Waals surface area contributed by atoms with Gasteiger partial charge in [0.25, 0.3) is 10.0 Å². The van der Waals surface area contributed by atoms with Crippen molar-refractivity contribution in [1.29, 1.82) is 0 Å². The predicted molar refractivity (Wildman–Crippen MR) is 57.1 cm³/mol. The standard InChI is InChI=1S/C7H7N3O2S.ClH/c8-13(11,12)7-3-5-1-2-9-6(5)4-10-7;/h1-2,4H,3H2,(H2,8,11,12);1H. The van der Waals surface area contributed by atoms with Gasteiger partial charge in [-0.25, -0.2) is 18.5 Å². The van der Waals surface area contributed by atoms with Crippen molar-refractivity contribution < 1.29 is 8.42 Å². The second-order valence-corrected chi connectivity index (χ2v) is 4.29. The summed E-state index contributed by atoms with van der Waals surface area (Å²) in [5, 5.41) is 4.93. The van der Waals surface area contributed by atoms with Gasteiger partial charge < -0.3 is 0 Å². The van der Waals surface area contributed by atoms with Gasteiger partial charge in [0.05, 0.1) is 11.9 Å². The first-order chi connectivity index (χ1) is 6.07. The van der Waals surface area contributed by atoms with Gasteiger partial charge in [0.2, 0.25) is 0 Å². The molecule has 5 nitrogen and oxygen atoms in total. The minimum Gasteiger partial charge on any atom is -0.255 e. The molecule has 0 saturated carbocycles. The minimum absolute atomic E-state index is 0. The van der Waals surface area contributed by atoms with Crippen molar-refractivity contribution in [1.82, 2.24) is 0 Å². The fourth-order valence-electron chi connectivity index (χ4n) is 1.16. The summed E-state index contributed by atoms with van der Waals surface area (Å²) in [6.07, 6.45) is 5.03. The third-order valence-corrected chi connectivity index (χ3v) is 2.73. The van der Waals surface area contributed by atoms with E-state index in [-0.39, 0.29) is 23.9 Å². The van der Waals surface area contributed by atoms with Gasteiger partial charge >= 0.3 is 0 Å². The molecular formula is C7H8ClN3O2S. The van der Waals surface area contributed by atoms with E-state index in [9.17, 15) is 8.42 Å². The zero-order valence-corrected chi connectivity index (χ0v) is 8.68. The molecule has 0 atom stereocenters. The van der Waals surface area contributed by atoms with Crippen LogP contribution < -0.4 is 5.14 Å². The first-order valence-corrected chi connectivity index (χ1v) is 5.15. The second-order valence-electron chi connectivity index (χ2n) is 2.73. The van der Waals surface area contributed by atoms with E-state index in [4.69, 9.17) is 5.14 Å². The predicted octanol–water partition coefficient (Wildman–Crippen LogP) is 0.351. The van der Waals surface area contributed by atoms with Crippen molar-refractivity contribution >= 4 is 33.7 Å². The number of fused-ring (bicyclic) bond motifs is 1. The normalized spacial score (nSPS) is 19.1. The zero-order chi connectivity index (χ0) is 9.47. The number of hydrogen-bond donors (Lipinski definition) is 1. The highest BCUT2D eigenvalue weighted by Gasteiger charge is 2.22. The summed E-state index contributed by atoms with van der Waals surface area (Å²) in [5.41, 5.74) is 1.56. The smallest absolute Gasteiger partial charge is 0.251 e. The maximum absolute atomic E-state index is 10.9. The molecule has 0 aromatic heterocycles. The average Bonchev–Trinajstić information content (AvgIpc) is 2.47. The van der Waals surface area contributed by atoms with Crippen LogP contribution in [-0.2, 0) is 10.0 Å². The van der Waals surface area contributed by atoms with Gasteiger partial charge in [-0.1, -0.05) is 0 Å². The molecule has 2 aliphatic rings. The van der Waals surface area contributed by atoms with Crippen LogP contribution in [0.3, 0.4) is 0 Å². The van der Waals surface area contributed by atoms with Crippen molar-refractivity contribution in [3.8, 4) is 0 Å². The third kappa shape index (κ3) is 1.92. The van der Waals surface area contributed by atoms with Crippen LogP contribution in [-0.4, -0.2) is 19.7 Å². The van der Waals surface area contributed by atoms with Gasteiger partial charge in [0, 0.05) is 12.6 Å². The lowest BCUT2D eigenvalue weighted by Crippen LogP contribution is -2.24. The molecule has 2 rings (SSSR count). The number of aliphatic imine (C=N–C) groups is 2. The molecule has 0 radical (unpaired) electrons. The number of nitrogens with two attached hydrogens (primary N) is 1. The number of primary sulfonamides is 1. The van der Waals surface area contributed by atoms with Gasteiger partial charge in [-0.15, -0.1) is 12.4 Å². The average molecular weight is 234 g/mol. The Kier molecular flexibility index (Phi) is 2.89. The Morgan fingerprint density at radius 3 is 2.79 bits per heavy atom. The largest absolute Gasteiger partial charge is 0.255 e. The number of halogens is 1. The summed E-state index contributed by atoms with van der Waals surface area (Å²) < 4.78 is 21.8. The van der Waals surface area contributed by atoms with Crippen molar-refractivity contribution in [2.75, 3.05) is 0 Å². The molecule has 0 amide bonds. The second kappa shape index (κ2) is 3.64. The van der Waals surface area contributed by atoms with Crippen molar-refractivity contribution in [2.45, 2.75) is 6.42 Å². The number of allylic oxidation sites excluding steroid dienone is 2. The number of nitrogens with zero attached hydrogens (tertiary/aromatic N) is 2. The van der Waals surface area contributed by atoms with Gasteiger partial charge in [-0.05, 0) is 11.6 Å². The topological polar surface area (TPSA) is 84.9 Å². The van der Waals surface area contributed by atoms with Crippen LogP contribution in [0.1, 0.15) is 6.42 Å². The van der Waals surface area contributed by atoms with Gasteiger partial charge in [-0.3, -0.25) is 4.99 Å². The van der Waals surface area contributed by atoms with Gasteiger partial charge in [0.1, 0.15) is 0 Å². The van der Waals surface area contributed by atoms with Gasteiger partial charge in [-0.2, -0.15) is 0 Å². The van der Waals surface area contributed by atoms with E-state index in [1.54, 1.807) is 12.3 Å². The Morgan fingerprint density at radius 1 is 1.43 bits per heavy atom. The fourth-order valence-corrected chi connectivity index (χ4v) is 1.71. The monoisotopic (exact) mass is 233 g/mol. The Bertz CT molecular complexity index is 473.